The number of carbonyl (C=O) groups is 1. The Hall–Kier alpha value is -3.13. The minimum atomic E-state index is 0.0389. The molecule has 0 unspecified atom stereocenters. The van der Waals surface area contributed by atoms with Gasteiger partial charge in [0.15, 0.2) is 0 Å². The van der Waals surface area contributed by atoms with E-state index in [1.165, 1.54) is 27.8 Å². The lowest BCUT2D eigenvalue weighted by atomic mass is 9.95. The van der Waals surface area contributed by atoms with E-state index in [-0.39, 0.29) is 5.91 Å². The summed E-state index contributed by atoms with van der Waals surface area (Å²) in [5, 5.41) is 3.04. The van der Waals surface area contributed by atoms with Gasteiger partial charge in [0, 0.05) is 6.54 Å². The molecule has 0 fully saturated rings. The smallest absolute Gasteiger partial charge is 0.224 e. The Morgan fingerprint density at radius 2 is 1.71 bits per heavy atom. The molecule has 0 radical (unpaired) electrons. The Morgan fingerprint density at radius 3 is 2.46 bits per heavy atom. The van der Waals surface area contributed by atoms with Crippen LogP contribution in [0.5, 0.6) is 0 Å². The van der Waals surface area contributed by atoms with E-state index in [4.69, 9.17) is 0 Å². The number of hydrogen-bond donors (Lipinski definition) is 1. The maximum absolute atomic E-state index is 12.3. The third-order valence-corrected chi connectivity index (χ3v) is 5.05. The molecule has 0 bridgehead atoms. The van der Waals surface area contributed by atoms with Crippen LogP contribution in [0.3, 0.4) is 0 Å². The lowest BCUT2D eigenvalue weighted by Gasteiger charge is -2.12. The molecule has 28 heavy (non-hydrogen) atoms. The van der Waals surface area contributed by atoms with Crippen molar-refractivity contribution in [2.75, 3.05) is 0 Å². The SMILES string of the molecule is C=Cc1cc(-c2cc(CNC(=O)Cc3cccc(C)c3)ccc2C)ccc1C. The van der Waals surface area contributed by atoms with Gasteiger partial charge in [0.1, 0.15) is 0 Å². The topological polar surface area (TPSA) is 29.1 Å². The predicted octanol–water partition coefficient (Wildman–Crippen LogP) is 5.78. The first-order valence-electron chi connectivity index (χ1n) is 9.61. The molecule has 2 heteroatoms. The first-order chi connectivity index (χ1) is 13.5. The van der Waals surface area contributed by atoms with Gasteiger partial charge in [0.05, 0.1) is 6.42 Å². The summed E-state index contributed by atoms with van der Waals surface area (Å²) >= 11 is 0. The number of rotatable bonds is 6. The van der Waals surface area contributed by atoms with Gasteiger partial charge in [-0.2, -0.15) is 0 Å². The van der Waals surface area contributed by atoms with E-state index in [2.05, 4.69) is 68.2 Å². The van der Waals surface area contributed by atoms with Crippen molar-refractivity contribution in [3.63, 3.8) is 0 Å². The van der Waals surface area contributed by atoms with Crippen molar-refractivity contribution in [2.24, 2.45) is 0 Å². The summed E-state index contributed by atoms with van der Waals surface area (Å²) in [6.45, 7) is 10.7. The highest BCUT2D eigenvalue weighted by Gasteiger charge is 2.08. The summed E-state index contributed by atoms with van der Waals surface area (Å²) in [6.07, 6.45) is 2.30. The van der Waals surface area contributed by atoms with Crippen molar-refractivity contribution < 1.29 is 4.79 Å². The Balaban J connectivity index is 1.73. The number of benzene rings is 3. The molecule has 0 saturated heterocycles. The second-order valence-electron chi connectivity index (χ2n) is 7.37. The zero-order chi connectivity index (χ0) is 20.1. The fraction of sp³-hybridized carbons (Fsp3) is 0.192. The van der Waals surface area contributed by atoms with Crippen LogP contribution in [0.1, 0.15) is 33.4 Å². The number of amides is 1. The average molecular weight is 370 g/mol. The molecule has 0 atom stereocenters. The summed E-state index contributed by atoms with van der Waals surface area (Å²) < 4.78 is 0. The Labute approximate surface area is 167 Å². The molecule has 0 spiro atoms. The van der Waals surface area contributed by atoms with E-state index >= 15 is 0 Å². The fourth-order valence-electron chi connectivity index (χ4n) is 3.39. The minimum absolute atomic E-state index is 0.0389. The maximum Gasteiger partial charge on any atom is 0.224 e. The van der Waals surface area contributed by atoms with E-state index in [0.29, 0.717) is 13.0 Å². The van der Waals surface area contributed by atoms with Crippen LogP contribution in [0.2, 0.25) is 0 Å². The van der Waals surface area contributed by atoms with Gasteiger partial charge < -0.3 is 5.32 Å². The van der Waals surface area contributed by atoms with Gasteiger partial charge in [0.2, 0.25) is 5.91 Å². The standard InChI is InChI=1S/C26H27NO/c1-5-23-16-24(12-10-19(23)3)25-14-22(11-9-20(25)4)17-27-26(28)15-21-8-6-7-18(2)13-21/h5-14,16H,1,15,17H2,2-4H3,(H,27,28). The number of nitrogens with one attached hydrogen (secondary N) is 1. The maximum atomic E-state index is 12.3. The van der Waals surface area contributed by atoms with Crippen molar-refractivity contribution >= 4 is 12.0 Å². The summed E-state index contributed by atoms with van der Waals surface area (Å²) in [5.74, 6) is 0.0389. The molecule has 1 amide bonds. The molecule has 0 aliphatic carbocycles. The number of aryl methyl sites for hydroxylation is 3. The lowest BCUT2D eigenvalue weighted by Crippen LogP contribution is -2.24. The molecule has 1 N–H and O–H groups in total. The van der Waals surface area contributed by atoms with Gasteiger partial charge >= 0.3 is 0 Å². The summed E-state index contributed by atoms with van der Waals surface area (Å²) in [7, 11) is 0. The molecule has 0 aromatic heterocycles. The van der Waals surface area contributed by atoms with Crippen LogP contribution < -0.4 is 5.32 Å². The van der Waals surface area contributed by atoms with Crippen LogP contribution in [-0.4, -0.2) is 5.91 Å². The van der Waals surface area contributed by atoms with Crippen molar-refractivity contribution in [2.45, 2.75) is 33.7 Å². The highest BCUT2D eigenvalue weighted by molar-refractivity contribution is 5.78. The van der Waals surface area contributed by atoms with E-state index in [1.54, 1.807) is 0 Å². The molecule has 3 aromatic rings. The average Bonchev–Trinajstić information content (AvgIpc) is 2.68. The largest absolute Gasteiger partial charge is 0.352 e. The molecular formula is C26H27NO. The second kappa shape index (κ2) is 8.71. The van der Waals surface area contributed by atoms with Gasteiger partial charge in [0.25, 0.3) is 0 Å². The minimum Gasteiger partial charge on any atom is -0.352 e. The highest BCUT2D eigenvalue weighted by atomic mass is 16.1. The van der Waals surface area contributed by atoms with Gasteiger partial charge in [-0.3, -0.25) is 4.79 Å². The van der Waals surface area contributed by atoms with Gasteiger partial charge in [-0.1, -0.05) is 66.7 Å². The van der Waals surface area contributed by atoms with Crippen molar-refractivity contribution in [3.8, 4) is 11.1 Å². The lowest BCUT2D eigenvalue weighted by molar-refractivity contribution is -0.120. The zero-order valence-corrected chi connectivity index (χ0v) is 16.9. The molecule has 0 aliphatic rings. The van der Waals surface area contributed by atoms with E-state index in [9.17, 15) is 4.79 Å². The third-order valence-electron chi connectivity index (χ3n) is 5.05. The Morgan fingerprint density at radius 1 is 0.929 bits per heavy atom. The van der Waals surface area contributed by atoms with Gasteiger partial charge in [-0.25, -0.2) is 0 Å². The molecule has 3 rings (SSSR count). The van der Waals surface area contributed by atoms with Crippen LogP contribution in [0.25, 0.3) is 17.2 Å². The van der Waals surface area contributed by atoms with E-state index in [0.717, 1.165) is 16.7 Å². The Kier molecular flexibility index (Phi) is 6.10. The highest BCUT2D eigenvalue weighted by Crippen LogP contribution is 2.27. The van der Waals surface area contributed by atoms with Crippen molar-refractivity contribution in [1.82, 2.24) is 5.32 Å². The monoisotopic (exact) mass is 369 g/mol. The quantitative estimate of drug-likeness (QED) is 0.586. The summed E-state index contributed by atoms with van der Waals surface area (Å²) in [4.78, 5) is 12.3. The Bertz CT molecular complexity index is 1020. The predicted molar refractivity (Wildman–Crippen MR) is 118 cm³/mol. The molecule has 142 valence electrons. The summed E-state index contributed by atoms with van der Waals surface area (Å²) in [6, 6.07) is 20.9. The summed E-state index contributed by atoms with van der Waals surface area (Å²) in [5.41, 5.74) is 9.25. The van der Waals surface area contributed by atoms with Crippen LogP contribution in [0, 0.1) is 20.8 Å². The second-order valence-corrected chi connectivity index (χ2v) is 7.37. The van der Waals surface area contributed by atoms with Crippen LogP contribution in [0.15, 0.2) is 67.2 Å². The number of carbonyl (C=O) groups excluding carboxylic acids is 1. The number of hydrogen-bond acceptors (Lipinski definition) is 1. The molecule has 0 heterocycles. The van der Waals surface area contributed by atoms with Gasteiger partial charge in [-0.15, -0.1) is 0 Å². The normalized spacial score (nSPS) is 10.5. The molecule has 0 saturated carbocycles. The molecular weight excluding hydrogens is 342 g/mol. The van der Waals surface area contributed by atoms with Crippen LogP contribution in [0.4, 0.5) is 0 Å². The van der Waals surface area contributed by atoms with E-state index < -0.39 is 0 Å². The van der Waals surface area contributed by atoms with Gasteiger partial charge in [-0.05, 0) is 71.8 Å². The molecule has 0 aliphatic heterocycles. The first-order valence-corrected chi connectivity index (χ1v) is 9.61. The van der Waals surface area contributed by atoms with Crippen LogP contribution >= 0.6 is 0 Å². The first kappa shape index (κ1) is 19.6. The van der Waals surface area contributed by atoms with Crippen LogP contribution in [-0.2, 0) is 17.8 Å². The zero-order valence-electron chi connectivity index (χ0n) is 16.9. The molecule has 2 nitrogen and oxygen atoms in total. The third kappa shape index (κ3) is 4.77. The van der Waals surface area contributed by atoms with E-state index in [1.807, 2.05) is 31.2 Å². The van der Waals surface area contributed by atoms with Crippen molar-refractivity contribution in [1.29, 1.82) is 0 Å². The molecule has 3 aromatic carbocycles. The fourth-order valence-corrected chi connectivity index (χ4v) is 3.39. The van der Waals surface area contributed by atoms with Crippen molar-refractivity contribution in [3.05, 3.63) is 101 Å².